The number of rotatable bonds is 4. The molecule has 3 unspecified atom stereocenters. The van der Waals surface area contributed by atoms with Gasteiger partial charge in [0, 0.05) is 6.04 Å². The van der Waals surface area contributed by atoms with Crippen molar-refractivity contribution in [3.8, 4) is 0 Å². The van der Waals surface area contributed by atoms with Gasteiger partial charge >= 0.3 is 0 Å². The molecule has 1 heteroatoms. The first-order chi connectivity index (χ1) is 6.15. The fourth-order valence-corrected chi connectivity index (χ4v) is 2.79. The molecule has 1 nitrogen and oxygen atoms in total. The highest BCUT2D eigenvalue weighted by Gasteiger charge is 2.29. The van der Waals surface area contributed by atoms with Crippen LogP contribution in [0.4, 0.5) is 0 Å². The second-order valence-electron chi connectivity index (χ2n) is 5.10. The molecule has 13 heavy (non-hydrogen) atoms. The minimum atomic E-state index is 0.762. The van der Waals surface area contributed by atoms with Crippen molar-refractivity contribution in [3.63, 3.8) is 0 Å². The lowest BCUT2D eigenvalue weighted by Crippen LogP contribution is -2.36. The third kappa shape index (κ3) is 2.98. The summed E-state index contributed by atoms with van der Waals surface area (Å²) in [5, 5.41) is 3.51. The monoisotopic (exact) mass is 183 g/mol. The summed E-state index contributed by atoms with van der Waals surface area (Å²) in [7, 11) is 2.12. The van der Waals surface area contributed by atoms with Crippen LogP contribution in [0.2, 0.25) is 0 Å². The molecule has 0 heterocycles. The summed E-state index contributed by atoms with van der Waals surface area (Å²) in [6, 6.07) is 0.762. The van der Waals surface area contributed by atoms with Gasteiger partial charge in [-0.15, -0.1) is 0 Å². The van der Waals surface area contributed by atoms with Crippen LogP contribution in [-0.2, 0) is 0 Å². The fourth-order valence-electron chi connectivity index (χ4n) is 2.79. The van der Waals surface area contributed by atoms with E-state index < -0.39 is 0 Å². The first-order valence-electron chi connectivity index (χ1n) is 5.82. The maximum absolute atomic E-state index is 3.51. The van der Waals surface area contributed by atoms with Gasteiger partial charge < -0.3 is 5.32 Å². The van der Waals surface area contributed by atoms with Crippen LogP contribution in [0.25, 0.3) is 0 Å². The van der Waals surface area contributed by atoms with Gasteiger partial charge in [0.25, 0.3) is 0 Å². The average Bonchev–Trinajstić information content (AvgIpc) is 2.47. The lowest BCUT2D eigenvalue weighted by atomic mass is 9.85. The third-order valence-corrected chi connectivity index (χ3v) is 3.54. The topological polar surface area (TPSA) is 12.0 Å². The summed E-state index contributed by atoms with van der Waals surface area (Å²) in [6.45, 7) is 7.07. The molecule has 0 saturated heterocycles. The molecule has 1 aliphatic carbocycles. The quantitative estimate of drug-likeness (QED) is 0.706. The molecule has 0 aromatic rings. The van der Waals surface area contributed by atoms with Crippen molar-refractivity contribution in [2.24, 2.45) is 17.8 Å². The molecule has 1 rings (SSSR count). The first kappa shape index (κ1) is 11.0. The minimum Gasteiger partial charge on any atom is -0.317 e. The Labute approximate surface area is 83.3 Å². The van der Waals surface area contributed by atoms with E-state index in [0.717, 1.165) is 23.8 Å². The van der Waals surface area contributed by atoms with Gasteiger partial charge in [0.05, 0.1) is 0 Å². The predicted molar refractivity (Wildman–Crippen MR) is 58.8 cm³/mol. The summed E-state index contributed by atoms with van der Waals surface area (Å²) < 4.78 is 0. The molecule has 0 aliphatic heterocycles. The zero-order valence-corrected chi connectivity index (χ0v) is 9.64. The molecule has 0 aromatic carbocycles. The van der Waals surface area contributed by atoms with Crippen LogP contribution in [0.5, 0.6) is 0 Å². The van der Waals surface area contributed by atoms with E-state index in [-0.39, 0.29) is 0 Å². The number of hydrogen-bond donors (Lipinski definition) is 1. The van der Waals surface area contributed by atoms with Crippen LogP contribution in [0.3, 0.4) is 0 Å². The maximum Gasteiger partial charge on any atom is 0.00973 e. The largest absolute Gasteiger partial charge is 0.317 e. The number of hydrogen-bond acceptors (Lipinski definition) is 1. The zero-order chi connectivity index (χ0) is 9.84. The third-order valence-electron chi connectivity index (χ3n) is 3.54. The summed E-state index contributed by atoms with van der Waals surface area (Å²) in [5.74, 6) is 2.70. The lowest BCUT2D eigenvalue weighted by Gasteiger charge is -2.28. The van der Waals surface area contributed by atoms with E-state index in [0.29, 0.717) is 0 Å². The normalized spacial score (nSPS) is 31.2. The van der Waals surface area contributed by atoms with Crippen LogP contribution in [-0.4, -0.2) is 13.1 Å². The molecule has 1 fully saturated rings. The Kier molecular flexibility index (Phi) is 4.24. The Balaban J connectivity index is 2.45. The summed E-state index contributed by atoms with van der Waals surface area (Å²) >= 11 is 0. The molecule has 0 aromatic heterocycles. The van der Waals surface area contributed by atoms with Crippen LogP contribution in [0.15, 0.2) is 0 Å². The van der Waals surface area contributed by atoms with Crippen LogP contribution >= 0.6 is 0 Å². The lowest BCUT2D eigenvalue weighted by molar-refractivity contribution is 0.274. The molecule has 1 saturated carbocycles. The smallest absolute Gasteiger partial charge is 0.00973 e. The van der Waals surface area contributed by atoms with Crippen LogP contribution in [0.1, 0.15) is 46.5 Å². The summed E-state index contributed by atoms with van der Waals surface area (Å²) in [6.07, 6.45) is 5.67. The summed E-state index contributed by atoms with van der Waals surface area (Å²) in [5.41, 5.74) is 0. The maximum atomic E-state index is 3.51. The van der Waals surface area contributed by atoms with Gasteiger partial charge in [-0.3, -0.25) is 0 Å². The molecular formula is C12H25N. The van der Waals surface area contributed by atoms with Crippen molar-refractivity contribution in [3.05, 3.63) is 0 Å². The van der Waals surface area contributed by atoms with E-state index in [1.807, 2.05) is 0 Å². The highest BCUT2D eigenvalue weighted by atomic mass is 14.9. The molecular weight excluding hydrogens is 158 g/mol. The zero-order valence-electron chi connectivity index (χ0n) is 9.64. The van der Waals surface area contributed by atoms with E-state index in [1.165, 1.54) is 25.7 Å². The van der Waals surface area contributed by atoms with E-state index in [2.05, 4.69) is 33.1 Å². The first-order valence-corrected chi connectivity index (χ1v) is 5.82. The van der Waals surface area contributed by atoms with Crippen molar-refractivity contribution in [1.82, 2.24) is 5.32 Å². The Morgan fingerprint density at radius 2 is 2.00 bits per heavy atom. The van der Waals surface area contributed by atoms with Gasteiger partial charge in [0.1, 0.15) is 0 Å². The van der Waals surface area contributed by atoms with Gasteiger partial charge in [-0.1, -0.05) is 33.6 Å². The van der Waals surface area contributed by atoms with Gasteiger partial charge in [0.2, 0.25) is 0 Å². The standard InChI is InChI=1S/C12H25N/c1-9(2)8-12(13-4)11-7-5-6-10(11)3/h9-13H,5-8H2,1-4H3. The Bertz CT molecular complexity index is 142. The SMILES string of the molecule is CNC(CC(C)C)C1CCCC1C. The van der Waals surface area contributed by atoms with E-state index in [4.69, 9.17) is 0 Å². The summed E-state index contributed by atoms with van der Waals surface area (Å²) in [4.78, 5) is 0. The Hall–Kier alpha value is -0.0400. The van der Waals surface area contributed by atoms with E-state index >= 15 is 0 Å². The average molecular weight is 183 g/mol. The molecule has 0 spiro atoms. The minimum absolute atomic E-state index is 0.762. The second-order valence-corrected chi connectivity index (χ2v) is 5.10. The van der Waals surface area contributed by atoms with Crippen molar-refractivity contribution < 1.29 is 0 Å². The van der Waals surface area contributed by atoms with Crippen molar-refractivity contribution in [2.75, 3.05) is 7.05 Å². The molecule has 0 amide bonds. The Morgan fingerprint density at radius 3 is 2.38 bits per heavy atom. The fraction of sp³-hybridized carbons (Fsp3) is 1.00. The van der Waals surface area contributed by atoms with Crippen LogP contribution in [0, 0.1) is 17.8 Å². The van der Waals surface area contributed by atoms with Crippen molar-refractivity contribution >= 4 is 0 Å². The second kappa shape index (κ2) is 4.99. The van der Waals surface area contributed by atoms with Gasteiger partial charge in [0.15, 0.2) is 0 Å². The number of nitrogens with one attached hydrogen (secondary N) is 1. The Morgan fingerprint density at radius 1 is 1.31 bits per heavy atom. The van der Waals surface area contributed by atoms with Gasteiger partial charge in [-0.05, 0) is 37.6 Å². The van der Waals surface area contributed by atoms with E-state index in [1.54, 1.807) is 0 Å². The molecule has 0 bridgehead atoms. The molecule has 3 atom stereocenters. The van der Waals surface area contributed by atoms with Gasteiger partial charge in [-0.2, -0.15) is 0 Å². The highest BCUT2D eigenvalue weighted by molar-refractivity contribution is 4.84. The van der Waals surface area contributed by atoms with Crippen LogP contribution < -0.4 is 5.32 Å². The van der Waals surface area contributed by atoms with Gasteiger partial charge in [-0.25, -0.2) is 0 Å². The van der Waals surface area contributed by atoms with Crippen molar-refractivity contribution in [2.45, 2.75) is 52.5 Å². The van der Waals surface area contributed by atoms with E-state index in [9.17, 15) is 0 Å². The van der Waals surface area contributed by atoms with Crippen molar-refractivity contribution in [1.29, 1.82) is 0 Å². The highest BCUT2D eigenvalue weighted by Crippen LogP contribution is 2.35. The molecule has 0 radical (unpaired) electrons. The molecule has 1 aliphatic rings. The predicted octanol–water partition coefficient (Wildman–Crippen LogP) is 3.06. The molecule has 78 valence electrons. The molecule has 1 N–H and O–H groups in total.